The van der Waals surface area contributed by atoms with Crippen molar-refractivity contribution in [2.75, 3.05) is 5.32 Å². The second kappa shape index (κ2) is 8.08. The number of aromatic amines is 1. The van der Waals surface area contributed by atoms with Gasteiger partial charge in [0.2, 0.25) is 5.91 Å². The number of halogens is 1. The molecule has 28 heavy (non-hydrogen) atoms. The molecular weight excluding hydrogens is 355 g/mol. The molecule has 4 rings (SSSR count). The highest BCUT2D eigenvalue weighted by Crippen LogP contribution is 2.19. The highest BCUT2D eigenvalue weighted by Gasteiger charge is 2.08. The third-order valence-corrected chi connectivity index (χ3v) is 4.67. The number of benzene rings is 2. The summed E-state index contributed by atoms with van der Waals surface area (Å²) in [7, 11) is 0. The van der Waals surface area contributed by atoms with E-state index >= 15 is 0 Å². The first-order valence-corrected chi connectivity index (χ1v) is 9.30. The Balaban J connectivity index is 1.28. The third-order valence-electron chi connectivity index (χ3n) is 4.67. The number of aryl methyl sites for hydroxylation is 1. The Labute approximate surface area is 162 Å². The van der Waals surface area contributed by atoms with Crippen LogP contribution in [0.5, 0.6) is 0 Å². The van der Waals surface area contributed by atoms with Crippen LogP contribution in [0, 0.1) is 5.82 Å². The van der Waals surface area contributed by atoms with Gasteiger partial charge in [-0.05, 0) is 42.2 Å². The van der Waals surface area contributed by atoms with Crippen molar-refractivity contribution in [3.8, 4) is 0 Å². The van der Waals surface area contributed by atoms with Crippen LogP contribution >= 0.6 is 0 Å². The molecule has 0 aliphatic carbocycles. The molecule has 2 N–H and O–H groups in total. The number of nitrogens with zero attached hydrogens (tertiary/aromatic N) is 2. The van der Waals surface area contributed by atoms with Gasteiger partial charge in [-0.2, -0.15) is 5.10 Å². The Bertz CT molecular complexity index is 1100. The van der Waals surface area contributed by atoms with E-state index in [0.717, 1.165) is 23.9 Å². The number of nitrogens with one attached hydrogen (secondary N) is 2. The van der Waals surface area contributed by atoms with E-state index in [0.29, 0.717) is 18.8 Å². The monoisotopic (exact) mass is 376 g/mol. The summed E-state index contributed by atoms with van der Waals surface area (Å²) in [5.41, 5.74) is 3.16. The van der Waals surface area contributed by atoms with Crippen molar-refractivity contribution in [3.05, 3.63) is 83.9 Å². The first kappa shape index (κ1) is 18.0. The number of anilines is 1. The Morgan fingerprint density at radius 3 is 2.93 bits per heavy atom. The zero-order valence-corrected chi connectivity index (χ0v) is 15.4. The second-order valence-corrected chi connectivity index (χ2v) is 6.79. The van der Waals surface area contributed by atoms with Gasteiger partial charge in [0.1, 0.15) is 5.82 Å². The zero-order valence-electron chi connectivity index (χ0n) is 15.4. The van der Waals surface area contributed by atoms with Crippen LogP contribution in [0.2, 0.25) is 0 Å². The molecule has 0 fully saturated rings. The number of amides is 1. The smallest absolute Gasteiger partial charge is 0.225 e. The molecule has 0 aliphatic heterocycles. The van der Waals surface area contributed by atoms with Gasteiger partial charge in [-0.3, -0.25) is 9.48 Å². The van der Waals surface area contributed by atoms with Crippen LogP contribution in [-0.4, -0.2) is 20.7 Å². The fraction of sp³-hybridized carbons (Fsp3) is 0.182. The SMILES string of the molecule is O=C(CCCc1c[nH]c2ccccc12)Nc1ccn(Cc2cccc(F)c2)n1. The average Bonchev–Trinajstić information content (AvgIpc) is 3.29. The van der Waals surface area contributed by atoms with Gasteiger partial charge in [0.05, 0.1) is 6.54 Å². The Hall–Kier alpha value is -3.41. The lowest BCUT2D eigenvalue weighted by Gasteiger charge is -2.04. The van der Waals surface area contributed by atoms with E-state index in [4.69, 9.17) is 0 Å². The van der Waals surface area contributed by atoms with Gasteiger partial charge in [-0.25, -0.2) is 4.39 Å². The van der Waals surface area contributed by atoms with E-state index in [2.05, 4.69) is 21.5 Å². The number of H-pyrrole nitrogens is 1. The molecule has 0 bridgehead atoms. The molecule has 0 atom stereocenters. The number of hydrogen-bond donors (Lipinski definition) is 2. The van der Waals surface area contributed by atoms with Crippen LogP contribution < -0.4 is 5.32 Å². The van der Waals surface area contributed by atoms with E-state index in [1.807, 2.05) is 30.5 Å². The van der Waals surface area contributed by atoms with Crippen molar-refractivity contribution in [1.82, 2.24) is 14.8 Å². The van der Waals surface area contributed by atoms with Gasteiger partial charge in [-0.15, -0.1) is 0 Å². The van der Waals surface area contributed by atoms with Crippen LogP contribution in [0.1, 0.15) is 24.0 Å². The quantitative estimate of drug-likeness (QED) is 0.498. The van der Waals surface area contributed by atoms with Gasteiger partial charge in [-0.1, -0.05) is 30.3 Å². The van der Waals surface area contributed by atoms with Crippen molar-refractivity contribution in [3.63, 3.8) is 0 Å². The maximum Gasteiger partial charge on any atom is 0.225 e. The molecular formula is C22H21FN4O. The summed E-state index contributed by atoms with van der Waals surface area (Å²) in [6, 6.07) is 16.3. The van der Waals surface area contributed by atoms with Gasteiger partial charge in [0.15, 0.2) is 5.82 Å². The standard InChI is InChI=1S/C22H21FN4O/c23-18-7-3-5-16(13-18)15-27-12-11-21(26-27)25-22(28)10-4-6-17-14-24-20-9-2-1-8-19(17)20/h1-3,5,7-9,11-14,24H,4,6,10,15H2,(H,25,26,28). The summed E-state index contributed by atoms with van der Waals surface area (Å²) in [4.78, 5) is 15.5. The molecule has 0 saturated heterocycles. The molecule has 4 aromatic rings. The fourth-order valence-corrected chi connectivity index (χ4v) is 3.32. The summed E-state index contributed by atoms with van der Waals surface area (Å²) in [5, 5.41) is 8.36. The van der Waals surface area contributed by atoms with E-state index in [9.17, 15) is 9.18 Å². The lowest BCUT2D eigenvalue weighted by atomic mass is 10.1. The number of hydrogen-bond acceptors (Lipinski definition) is 2. The molecule has 0 saturated carbocycles. The van der Waals surface area contributed by atoms with Crippen molar-refractivity contribution < 1.29 is 9.18 Å². The predicted octanol–water partition coefficient (Wildman–Crippen LogP) is 4.51. The molecule has 2 aromatic carbocycles. The molecule has 0 unspecified atom stereocenters. The predicted molar refractivity (Wildman–Crippen MR) is 108 cm³/mol. The topological polar surface area (TPSA) is 62.7 Å². The normalized spacial score (nSPS) is 11.0. The highest BCUT2D eigenvalue weighted by molar-refractivity contribution is 5.89. The van der Waals surface area contributed by atoms with Crippen molar-refractivity contribution >= 4 is 22.6 Å². The van der Waals surface area contributed by atoms with Crippen LogP contribution in [0.25, 0.3) is 10.9 Å². The number of rotatable bonds is 7. The van der Waals surface area contributed by atoms with Crippen LogP contribution in [0.4, 0.5) is 10.2 Å². The molecule has 0 aliphatic rings. The number of aromatic nitrogens is 3. The Morgan fingerprint density at radius 1 is 1.14 bits per heavy atom. The lowest BCUT2D eigenvalue weighted by Crippen LogP contribution is -2.12. The first-order valence-electron chi connectivity index (χ1n) is 9.30. The molecule has 6 heteroatoms. The van der Waals surface area contributed by atoms with Crippen LogP contribution in [0.15, 0.2) is 67.0 Å². The van der Waals surface area contributed by atoms with E-state index in [-0.39, 0.29) is 11.7 Å². The van der Waals surface area contributed by atoms with Crippen molar-refractivity contribution in [1.29, 1.82) is 0 Å². The zero-order chi connectivity index (χ0) is 19.3. The number of carbonyl (C=O) groups is 1. The Kier molecular flexibility index (Phi) is 5.19. The molecule has 0 spiro atoms. The molecule has 0 radical (unpaired) electrons. The largest absolute Gasteiger partial charge is 0.361 e. The van der Waals surface area contributed by atoms with Gasteiger partial charge in [0.25, 0.3) is 0 Å². The summed E-state index contributed by atoms with van der Waals surface area (Å²) in [6.45, 7) is 0.453. The average molecular weight is 376 g/mol. The van der Waals surface area contributed by atoms with Crippen LogP contribution in [-0.2, 0) is 17.8 Å². The number of carbonyl (C=O) groups excluding carboxylic acids is 1. The fourth-order valence-electron chi connectivity index (χ4n) is 3.32. The van der Waals surface area contributed by atoms with Crippen LogP contribution in [0.3, 0.4) is 0 Å². The minimum Gasteiger partial charge on any atom is -0.361 e. The van der Waals surface area contributed by atoms with Gasteiger partial charge in [0, 0.05) is 35.8 Å². The molecule has 142 valence electrons. The minimum atomic E-state index is -0.270. The Morgan fingerprint density at radius 2 is 2.04 bits per heavy atom. The summed E-state index contributed by atoms with van der Waals surface area (Å²) >= 11 is 0. The number of fused-ring (bicyclic) bond motifs is 1. The van der Waals surface area contributed by atoms with E-state index in [1.165, 1.54) is 23.1 Å². The maximum atomic E-state index is 13.3. The van der Waals surface area contributed by atoms with Crippen molar-refractivity contribution in [2.24, 2.45) is 0 Å². The molecule has 2 aromatic heterocycles. The van der Waals surface area contributed by atoms with E-state index in [1.54, 1.807) is 23.0 Å². The summed E-state index contributed by atoms with van der Waals surface area (Å²) < 4.78 is 14.9. The lowest BCUT2D eigenvalue weighted by molar-refractivity contribution is -0.116. The molecule has 1 amide bonds. The van der Waals surface area contributed by atoms with Gasteiger partial charge >= 0.3 is 0 Å². The first-order chi connectivity index (χ1) is 13.7. The second-order valence-electron chi connectivity index (χ2n) is 6.79. The van der Waals surface area contributed by atoms with E-state index < -0.39 is 0 Å². The van der Waals surface area contributed by atoms with Gasteiger partial charge < -0.3 is 10.3 Å². The summed E-state index contributed by atoms with van der Waals surface area (Å²) in [5.74, 6) is 0.178. The number of para-hydroxylation sites is 1. The molecule has 5 nitrogen and oxygen atoms in total. The summed E-state index contributed by atoms with van der Waals surface area (Å²) in [6.07, 6.45) is 5.81. The van der Waals surface area contributed by atoms with Crippen molar-refractivity contribution in [2.45, 2.75) is 25.8 Å². The maximum absolute atomic E-state index is 13.3. The minimum absolute atomic E-state index is 0.0594. The third kappa shape index (κ3) is 4.28. The highest BCUT2D eigenvalue weighted by atomic mass is 19.1. The molecule has 2 heterocycles.